The Morgan fingerprint density at radius 3 is 2.69 bits per heavy atom. The Labute approximate surface area is 102 Å². The number of nitrogens with zero attached hydrogens (tertiary/aromatic N) is 1. The molecule has 0 aliphatic carbocycles. The minimum absolute atomic E-state index is 0.405. The van der Waals surface area contributed by atoms with Crippen molar-refractivity contribution in [3.05, 3.63) is 21.9 Å². The van der Waals surface area contributed by atoms with Crippen molar-refractivity contribution >= 4 is 17.3 Å². The van der Waals surface area contributed by atoms with Gasteiger partial charge in [0.1, 0.15) is 0 Å². The molecular formula is C12H21N3S. The fourth-order valence-electron chi connectivity index (χ4n) is 1.32. The lowest BCUT2D eigenvalue weighted by Crippen LogP contribution is -2.40. The van der Waals surface area contributed by atoms with E-state index >= 15 is 0 Å². The highest BCUT2D eigenvalue weighted by Crippen LogP contribution is 2.15. The molecule has 0 aliphatic rings. The molecule has 0 amide bonds. The zero-order chi connectivity index (χ0) is 12.0. The number of guanidine groups is 1. The Bertz CT molecular complexity index is 342. The normalized spacial score (nSPS) is 11.9. The first-order valence-electron chi connectivity index (χ1n) is 5.72. The van der Waals surface area contributed by atoms with Crippen LogP contribution in [0.1, 0.15) is 30.5 Å². The van der Waals surface area contributed by atoms with Crippen LogP contribution < -0.4 is 10.6 Å². The summed E-state index contributed by atoms with van der Waals surface area (Å²) in [5, 5.41) is 6.54. The van der Waals surface area contributed by atoms with E-state index in [1.54, 1.807) is 11.3 Å². The van der Waals surface area contributed by atoms with Crippen LogP contribution in [-0.4, -0.2) is 18.5 Å². The molecule has 16 heavy (non-hydrogen) atoms. The van der Waals surface area contributed by atoms with Crippen molar-refractivity contribution in [2.24, 2.45) is 4.99 Å². The molecule has 0 spiro atoms. The molecule has 90 valence electrons. The van der Waals surface area contributed by atoms with Gasteiger partial charge >= 0.3 is 0 Å². The maximum atomic E-state index is 4.54. The maximum absolute atomic E-state index is 4.54. The number of aryl methyl sites for hydroxylation is 1. The standard InChI is InChI=1S/C12H21N3S/c1-5-13-12(15-9(2)3)14-8-11-7-6-10(4)16-11/h6-7,9H,5,8H2,1-4H3,(H2,13,14,15). The van der Waals surface area contributed by atoms with E-state index in [-0.39, 0.29) is 0 Å². The summed E-state index contributed by atoms with van der Waals surface area (Å²) in [7, 11) is 0. The first-order valence-corrected chi connectivity index (χ1v) is 6.53. The number of hydrogen-bond acceptors (Lipinski definition) is 2. The lowest BCUT2D eigenvalue weighted by atomic mass is 10.4. The van der Waals surface area contributed by atoms with E-state index in [4.69, 9.17) is 0 Å². The molecular weight excluding hydrogens is 218 g/mol. The third-order valence-electron chi connectivity index (χ3n) is 1.96. The second-order valence-electron chi connectivity index (χ2n) is 4.01. The second kappa shape index (κ2) is 6.53. The van der Waals surface area contributed by atoms with Gasteiger partial charge in [-0.3, -0.25) is 0 Å². The van der Waals surface area contributed by atoms with Gasteiger partial charge in [0.2, 0.25) is 0 Å². The van der Waals surface area contributed by atoms with Crippen molar-refractivity contribution in [3.8, 4) is 0 Å². The molecule has 4 heteroatoms. The minimum atomic E-state index is 0.405. The molecule has 0 aliphatic heterocycles. The quantitative estimate of drug-likeness (QED) is 0.626. The fraction of sp³-hybridized carbons (Fsp3) is 0.583. The maximum Gasteiger partial charge on any atom is 0.191 e. The summed E-state index contributed by atoms with van der Waals surface area (Å²) in [6, 6.07) is 4.68. The van der Waals surface area contributed by atoms with Crippen molar-refractivity contribution in [2.75, 3.05) is 6.54 Å². The van der Waals surface area contributed by atoms with Crippen LogP contribution in [0.2, 0.25) is 0 Å². The van der Waals surface area contributed by atoms with Crippen LogP contribution in [0.5, 0.6) is 0 Å². The van der Waals surface area contributed by atoms with Crippen LogP contribution in [-0.2, 0) is 6.54 Å². The van der Waals surface area contributed by atoms with E-state index in [0.29, 0.717) is 6.04 Å². The van der Waals surface area contributed by atoms with Gasteiger partial charge in [-0.25, -0.2) is 4.99 Å². The van der Waals surface area contributed by atoms with E-state index < -0.39 is 0 Å². The molecule has 0 bridgehead atoms. The van der Waals surface area contributed by atoms with Gasteiger partial charge in [0, 0.05) is 22.3 Å². The summed E-state index contributed by atoms with van der Waals surface area (Å²) >= 11 is 1.80. The summed E-state index contributed by atoms with van der Waals surface area (Å²) in [5.74, 6) is 0.892. The number of thiophene rings is 1. The first-order chi connectivity index (χ1) is 7.61. The van der Waals surface area contributed by atoms with Gasteiger partial charge < -0.3 is 10.6 Å². The monoisotopic (exact) mass is 239 g/mol. The molecule has 0 radical (unpaired) electrons. The summed E-state index contributed by atoms with van der Waals surface area (Å²) < 4.78 is 0. The summed E-state index contributed by atoms with van der Waals surface area (Å²) in [6.45, 7) is 10.1. The van der Waals surface area contributed by atoms with E-state index in [1.807, 2.05) is 0 Å². The topological polar surface area (TPSA) is 36.4 Å². The number of aliphatic imine (C=N–C) groups is 1. The van der Waals surface area contributed by atoms with Gasteiger partial charge in [0.15, 0.2) is 5.96 Å². The molecule has 1 aromatic heterocycles. The summed E-state index contributed by atoms with van der Waals surface area (Å²) in [4.78, 5) is 7.19. The predicted molar refractivity (Wildman–Crippen MR) is 72.1 cm³/mol. The summed E-state index contributed by atoms with van der Waals surface area (Å²) in [5.41, 5.74) is 0. The van der Waals surface area contributed by atoms with Crippen molar-refractivity contribution in [1.29, 1.82) is 0 Å². The zero-order valence-electron chi connectivity index (χ0n) is 10.5. The Kier molecular flexibility index (Phi) is 5.32. The van der Waals surface area contributed by atoms with Gasteiger partial charge in [-0.1, -0.05) is 0 Å². The SMILES string of the molecule is CCNC(=NCc1ccc(C)s1)NC(C)C. The molecule has 2 N–H and O–H groups in total. The second-order valence-corrected chi connectivity index (χ2v) is 5.38. The number of hydrogen-bond donors (Lipinski definition) is 2. The molecule has 0 aromatic carbocycles. The molecule has 0 saturated carbocycles. The average Bonchev–Trinajstić information content (AvgIpc) is 2.60. The third-order valence-corrected chi connectivity index (χ3v) is 2.94. The van der Waals surface area contributed by atoms with E-state index in [9.17, 15) is 0 Å². The van der Waals surface area contributed by atoms with Gasteiger partial charge in [-0.15, -0.1) is 11.3 Å². The molecule has 3 nitrogen and oxygen atoms in total. The fourth-order valence-corrected chi connectivity index (χ4v) is 2.14. The smallest absolute Gasteiger partial charge is 0.191 e. The van der Waals surface area contributed by atoms with E-state index in [1.165, 1.54) is 9.75 Å². The van der Waals surface area contributed by atoms with Crippen molar-refractivity contribution < 1.29 is 0 Å². The van der Waals surface area contributed by atoms with Crippen LogP contribution >= 0.6 is 11.3 Å². The molecule has 1 heterocycles. The molecule has 0 saturated heterocycles. The van der Waals surface area contributed by atoms with Crippen LogP contribution in [0, 0.1) is 6.92 Å². The Morgan fingerprint density at radius 1 is 1.44 bits per heavy atom. The molecule has 0 unspecified atom stereocenters. The van der Waals surface area contributed by atoms with Gasteiger partial charge in [0.05, 0.1) is 6.54 Å². The Balaban J connectivity index is 2.56. The minimum Gasteiger partial charge on any atom is -0.357 e. The van der Waals surface area contributed by atoms with E-state index in [2.05, 4.69) is 55.5 Å². The third kappa shape index (κ3) is 4.66. The van der Waals surface area contributed by atoms with E-state index in [0.717, 1.165) is 19.0 Å². The van der Waals surface area contributed by atoms with Crippen LogP contribution in [0.4, 0.5) is 0 Å². The predicted octanol–water partition coefficient (Wildman–Crippen LogP) is 2.52. The van der Waals surface area contributed by atoms with Crippen LogP contribution in [0.15, 0.2) is 17.1 Å². The largest absolute Gasteiger partial charge is 0.357 e. The van der Waals surface area contributed by atoms with Gasteiger partial charge in [-0.05, 0) is 39.8 Å². The highest BCUT2D eigenvalue weighted by molar-refractivity contribution is 7.11. The Hall–Kier alpha value is -1.03. The number of nitrogens with one attached hydrogen (secondary N) is 2. The molecule has 1 rings (SSSR count). The molecule has 0 atom stereocenters. The Morgan fingerprint density at radius 2 is 2.19 bits per heavy atom. The lowest BCUT2D eigenvalue weighted by Gasteiger charge is -2.13. The summed E-state index contributed by atoms with van der Waals surface area (Å²) in [6.07, 6.45) is 0. The molecule has 1 aromatic rings. The number of rotatable bonds is 4. The average molecular weight is 239 g/mol. The highest BCUT2D eigenvalue weighted by Gasteiger charge is 2.00. The van der Waals surface area contributed by atoms with Crippen molar-refractivity contribution in [1.82, 2.24) is 10.6 Å². The van der Waals surface area contributed by atoms with Crippen molar-refractivity contribution in [2.45, 2.75) is 40.3 Å². The van der Waals surface area contributed by atoms with Gasteiger partial charge in [0.25, 0.3) is 0 Å². The first kappa shape index (κ1) is 13.0. The van der Waals surface area contributed by atoms with Gasteiger partial charge in [-0.2, -0.15) is 0 Å². The zero-order valence-corrected chi connectivity index (χ0v) is 11.3. The highest BCUT2D eigenvalue weighted by atomic mass is 32.1. The van der Waals surface area contributed by atoms with Crippen molar-refractivity contribution in [3.63, 3.8) is 0 Å². The van der Waals surface area contributed by atoms with Crippen LogP contribution in [0.3, 0.4) is 0 Å². The van der Waals surface area contributed by atoms with Crippen LogP contribution in [0.25, 0.3) is 0 Å². The lowest BCUT2D eigenvalue weighted by molar-refractivity contribution is 0.701. The molecule has 0 fully saturated rings.